The third-order valence-electron chi connectivity index (χ3n) is 4.16. The van der Waals surface area contributed by atoms with E-state index in [9.17, 15) is 9.59 Å². The maximum Gasteiger partial charge on any atom is 0.255 e. The summed E-state index contributed by atoms with van der Waals surface area (Å²) in [7, 11) is 0. The number of anilines is 2. The average Bonchev–Trinajstić information content (AvgIpc) is 2.74. The molecule has 3 rings (SSSR count). The van der Waals surface area contributed by atoms with Crippen LogP contribution in [0.3, 0.4) is 0 Å². The first-order valence-electron chi connectivity index (χ1n) is 9.35. The molecular formula is C23H20Cl2N2O3. The van der Waals surface area contributed by atoms with Gasteiger partial charge >= 0.3 is 0 Å². The number of rotatable bonds is 8. The fraction of sp³-hybridized carbons (Fsp3) is 0.130. The van der Waals surface area contributed by atoms with E-state index in [2.05, 4.69) is 10.6 Å². The van der Waals surface area contributed by atoms with Crippen molar-refractivity contribution < 1.29 is 14.3 Å². The second-order valence-corrected chi connectivity index (χ2v) is 7.32. The third-order valence-corrected chi connectivity index (χ3v) is 4.69. The summed E-state index contributed by atoms with van der Waals surface area (Å²) in [4.78, 5) is 24.3. The summed E-state index contributed by atoms with van der Waals surface area (Å²) in [6, 6.07) is 20.9. The first-order valence-corrected chi connectivity index (χ1v) is 10.1. The highest BCUT2D eigenvalue weighted by atomic mass is 35.5. The average molecular weight is 443 g/mol. The normalized spacial score (nSPS) is 10.3. The van der Waals surface area contributed by atoms with Crippen LogP contribution < -0.4 is 15.4 Å². The number of carbonyl (C=O) groups is 2. The summed E-state index contributed by atoms with van der Waals surface area (Å²) in [5, 5.41) is 6.61. The largest absolute Gasteiger partial charge is 0.492 e. The maximum absolute atomic E-state index is 12.2. The van der Waals surface area contributed by atoms with Gasteiger partial charge in [-0.05, 0) is 61.0 Å². The van der Waals surface area contributed by atoms with Crippen LogP contribution in [0.15, 0.2) is 72.8 Å². The van der Waals surface area contributed by atoms with Crippen LogP contribution in [0.1, 0.15) is 23.2 Å². The molecule has 2 N–H and O–H groups in total. The van der Waals surface area contributed by atoms with Gasteiger partial charge in [0.2, 0.25) is 5.91 Å². The van der Waals surface area contributed by atoms with E-state index in [1.54, 1.807) is 54.6 Å². The summed E-state index contributed by atoms with van der Waals surface area (Å²) in [5.41, 5.74) is 1.88. The number of halogens is 2. The van der Waals surface area contributed by atoms with Crippen LogP contribution in [0.5, 0.6) is 5.75 Å². The highest BCUT2D eigenvalue weighted by Crippen LogP contribution is 2.27. The Kier molecular flexibility index (Phi) is 7.71. The Bertz CT molecular complexity index is 1010. The molecule has 0 aliphatic heterocycles. The van der Waals surface area contributed by atoms with Gasteiger partial charge in [0.25, 0.3) is 5.91 Å². The van der Waals surface area contributed by atoms with Gasteiger partial charge in [0.05, 0.1) is 11.6 Å². The number of carbonyl (C=O) groups excluding carboxylic acids is 2. The lowest BCUT2D eigenvalue weighted by molar-refractivity contribution is -0.116. The minimum atomic E-state index is -0.187. The predicted octanol–water partition coefficient (Wildman–Crippen LogP) is 6.04. The second-order valence-electron chi connectivity index (χ2n) is 6.47. The van der Waals surface area contributed by atoms with Gasteiger partial charge in [0.15, 0.2) is 0 Å². The third kappa shape index (κ3) is 6.51. The lowest BCUT2D eigenvalue weighted by Gasteiger charge is -2.09. The summed E-state index contributed by atoms with van der Waals surface area (Å²) >= 11 is 11.9. The van der Waals surface area contributed by atoms with E-state index in [1.807, 2.05) is 18.2 Å². The standard InChI is InChI=1S/C23H20Cl2N2O3/c24-17-8-13-21(20(25)15-17)30-14-4-7-22(28)26-18-9-11-19(12-10-18)27-23(29)16-5-2-1-3-6-16/h1-3,5-6,8-13,15H,4,7,14H2,(H,26,28)(H,27,29). The van der Waals surface area contributed by atoms with Gasteiger partial charge in [0, 0.05) is 28.4 Å². The Morgan fingerprint density at radius 3 is 2.17 bits per heavy atom. The Hall–Kier alpha value is -3.02. The van der Waals surface area contributed by atoms with Gasteiger partial charge in [-0.3, -0.25) is 9.59 Å². The van der Waals surface area contributed by atoms with Crippen LogP contribution in [0.4, 0.5) is 11.4 Å². The number of ether oxygens (including phenoxy) is 1. The number of amides is 2. The zero-order chi connectivity index (χ0) is 21.3. The molecule has 3 aromatic carbocycles. The summed E-state index contributed by atoms with van der Waals surface area (Å²) in [6.45, 7) is 0.360. The van der Waals surface area contributed by atoms with Crippen LogP contribution >= 0.6 is 23.2 Å². The number of hydrogen-bond donors (Lipinski definition) is 2. The molecule has 3 aromatic rings. The highest BCUT2D eigenvalue weighted by Gasteiger charge is 2.07. The van der Waals surface area contributed by atoms with E-state index >= 15 is 0 Å². The van der Waals surface area contributed by atoms with Crippen molar-refractivity contribution in [2.24, 2.45) is 0 Å². The lowest BCUT2D eigenvalue weighted by Crippen LogP contribution is -2.13. The molecule has 0 unspecified atom stereocenters. The molecule has 0 saturated heterocycles. The van der Waals surface area contributed by atoms with Crippen molar-refractivity contribution in [2.45, 2.75) is 12.8 Å². The Balaban J connectivity index is 1.41. The van der Waals surface area contributed by atoms with Crippen molar-refractivity contribution in [3.8, 4) is 5.75 Å². The first-order chi connectivity index (χ1) is 14.5. The fourth-order valence-corrected chi connectivity index (χ4v) is 3.12. The SMILES string of the molecule is O=C(CCCOc1ccc(Cl)cc1Cl)Nc1ccc(NC(=O)c2ccccc2)cc1. The summed E-state index contributed by atoms with van der Waals surface area (Å²) in [6.07, 6.45) is 0.841. The first kappa shape index (κ1) is 21.7. The lowest BCUT2D eigenvalue weighted by atomic mass is 10.2. The molecular weight excluding hydrogens is 423 g/mol. The Morgan fingerprint density at radius 1 is 0.833 bits per heavy atom. The van der Waals surface area contributed by atoms with Gasteiger partial charge in [0.1, 0.15) is 5.75 Å². The number of hydrogen-bond acceptors (Lipinski definition) is 3. The summed E-state index contributed by atoms with van der Waals surface area (Å²) < 4.78 is 5.57. The molecule has 0 aliphatic rings. The van der Waals surface area contributed by atoms with Crippen molar-refractivity contribution in [3.63, 3.8) is 0 Å². The minimum Gasteiger partial charge on any atom is -0.492 e. The van der Waals surface area contributed by atoms with Gasteiger partial charge in [-0.1, -0.05) is 41.4 Å². The minimum absolute atomic E-state index is 0.123. The predicted molar refractivity (Wildman–Crippen MR) is 121 cm³/mol. The molecule has 0 atom stereocenters. The topological polar surface area (TPSA) is 67.4 Å². The fourth-order valence-electron chi connectivity index (χ4n) is 2.66. The van der Waals surface area contributed by atoms with Crippen LogP contribution in [-0.2, 0) is 4.79 Å². The summed E-state index contributed by atoms with van der Waals surface area (Å²) in [5.74, 6) is 0.227. The van der Waals surface area contributed by atoms with Crippen molar-refractivity contribution in [2.75, 3.05) is 17.2 Å². The van der Waals surface area contributed by atoms with E-state index in [0.29, 0.717) is 52.2 Å². The molecule has 0 radical (unpaired) electrons. The van der Waals surface area contributed by atoms with Crippen LogP contribution in [-0.4, -0.2) is 18.4 Å². The van der Waals surface area contributed by atoms with Crippen LogP contribution in [0.2, 0.25) is 10.0 Å². The molecule has 30 heavy (non-hydrogen) atoms. The highest BCUT2D eigenvalue weighted by molar-refractivity contribution is 6.35. The second kappa shape index (κ2) is 10.7. The molecule has 5 nitrogen and oxygen atoms in total. The van der Waals surface area contributed by atoms with Gasteiger partial charge in [-0.25, -0.2) is 0 Å². The van der Waals surface area contributed by atoms with Crippen LogP contribution in [0.25, 0.3) is 0 Å². The smallest absolute Gasteiger partial charge is 0.255 e. The van der Waals surface area contributed by atoms with Gasteiger partial charge in [-0.2, -0.15) is 0 Å². The monoisotopic (exact) mass is 442 g/mol. The Morgan fingerprint density at radius 2 is 1.50 bits per heavy atom. The molecule has 0 heterocycles. The van der Waals surface area contributed by atoms with Crippen LogP contribution in [0, 0.1) is 0 Å². The molecule has 2 amide bonds. The molecule has 0 fully saturated rings. The molecule has 154 valence electrons. The van der Waals surface area contributed by atoms with Crippen molar-refractivity contribution in [1.29, 1.82) is 0 Å². The van der Waals surface area contributed by atoms with Gasteiger partial charge < -0.3 is 15.4 Å². The van der Waals surface area contributed by atoms with Crippen molar-refractivity contribution in [1.82, 2.24) is 0 Å². The van der Waals surface area contributed by atoms with Crippen molar-refractivity contribution in [3.05, 3.63) is 88.4 Å². The molecule has 0 spiro atoms. The van der Waals surface area contributed by atoms with Gasteiger partial charge in [-0.15, -0.1) is 0 Å². The van der Waals surface area contributed by atoms with Crippen molar-refractivity contribution >= 4 is 46.4 Å². The van der Waals surface area contributed by atoms with E-state index in [-0.39, 0.29) is 11.8 Å². The zero-order valence-corrected chi connectivity index (χ0v) is 17.5. The zero-order valence-electron chi connectivity index (χ0n) is 16.0. The number of nitrogens with one attached hydrogen (secondary N) is 2. The molecule has 0 aromatic heterocycles. The van der Waals surface area contributed by atoms with E-state index in [1.165, 1.54) is 0 Å². The number of benzene rings is 3. The quantitative estimate of drug-likeness (QED) is 0.417. The van der Waals surface area contributed by atoms with E-state index < -0.39 is 0 Å². The maximum atomic E-state index is 12.2. The molecule has 0 bridgehead atoms. The molecule has 0 aliphatic carbocycles. The Labute approximate surface area is 185 Å². The van der Waals surface area contributed by atoms with E-state index in [4.69, 9.17) is 27.9 Å². The molecule has 0 saturated carbocycles. The van der Waals surface area contributed by atoms with E-state index in [0.717, 1.165) is 0 Å². The molecule has 7 heteroatoms.